The number of rotatable bonds is 2. The lowest BCUT2D eigenvalue weighted by Crippen LogP contribution is -2.18. The molecule has 2 aromatic rings. The third-order valence-electron chi connectivity index (χ3n) is 3.31. The molecule has 0 radical (unpaired) electrons. The quantitative estimate of drug-likeness (QED) is 0.748. The maximum atomic E-state index is 6.06. The lowest BCUT2D eigenvalue weighted by molar-refractivity contribution is 0.0855. The Morgan fingerprint density at radius 3 is 2.78 bits per heavy atom. The first-order valence-corrected chi connectivity index (χ1v) is 6.54. The monoisotopic (exact) mass is 259 g/mol. The van der Waals surface area contributed by atoms with E-state index in [1.807, 2.05) is 19.1 Å². The fraction of sp³-hybridized carbons (Fsp3) is 0.267. The maximum absolute atomic E-state index is 6.06. The zero-order valence-corrected chi connectivity index (χ0v) is 10.9. The molecule has 3 rings (SSSR count). The molecule has 1 heterocycles. The Morgan fingerprint density at radius 1 is 1.22 bits per heavy atom. The first-order chi connectivity index (χ1) is 8.75. The zero-order chi connectivity index (χ0) is 12.5. The molecule has 0 fully saturated rings. The van der Waals surface area contributed by atoms with E-state index in [2.05, 4.69) is 35.5 Å². The van der Waals surface area contributed by atoms with Crippen LogP contribution in [-0.4, -0.2) is 17.2 Å². The molecule has 2 nitrogen and oxygen atoms in total. The molecule has 92 valence electrons. The van der Waals surface area contributed by atoms with E-state index < -0.39 is 0 Å². The number of oxime groups is 1. The minimum Gasteiger partial charge on any atom is -0.390 e. The molecule has 2 atom stereocenters. The Hall–Kier alpha value is -1.54. The Bertz CT molecular complexity index is 601. The SMILES string of the molecule is CC(Cl)C1CC(c2cccc3ccccc23)=NO1. The third kappa shape index (κ3) is 1.97. The molecule has 18 heavy (non-hydrogen) atoms. The summed E-state index contributed by atoms with van der Waals surface area (Å²) in [6.07, 6.45) is 0.763. The summed E-state index contributed by atoms with van der Waals surface area (Å²) in [5.41, 5.74) is 2.14. The number of halogens is 1. The van der Waals surface area contributed by atoms with Crippen LogP contribution >= 0.6 is 11.6 Å². The van der Waals surface area contributed by atoms with Gasteiger partial charge in [-0.25, -0.2) is 0 Å². The van der Waals surface area contributed by atoms with Crippen molar-refractivity contribution in [1.82, 2.24) is 0 Å². The molecule has 0 saturated heterocycles. The van der Waals surface area contributed by atoms with Gasteiger partial charge in [-0.1, -0.05) is 47.6 Å². The topological polar surface area (TPSA) is 21.6 Å². The van der Waals surface area contributed by atoms with Crippen LogP contribution in [0.15, 0.2) is 47.6 Å². The number of fused-ring (bicyclic) bond motifs is 1. The first-order valence-electron chi connectivity index (χ1n) is 6.10. The van der Waals surface area contributed by atoms with E-state index in [1.54, 1.807) is 0 Å². The van der Waals surface area contributed by atoms with Crippen LogP contribution in [0.3, 0.4) is 0 Å². The van der Waals surface area contributed by atoms with Crippen LogP contribution in [-0.2, 0) is 4.84 Å². The molecule has 0 N–H and O–H groups in total. The summed E-state index contributed by atoms with van der Waals surface area (Å²) in [7, 11) is 0. The molecule has 2 aromatic carbocycles. The van der Waals surface area contributed by atoms with Crippen LogP contribution in [0.2, 0.25) is 0 Å². The third-order valence-corrected chi connectivity index (χ3v) is 3.59. The normalized spacial score (nSPS) is 20.6. The summed E-state index contributed by atoms with van der Waals surface area (Å²) in [5.74, 6) is 0. The van der Waals surface area contributed by atoms with E-state index in [4.69, 9.17) is 16.4 Å². The standard InChI is InChI=1S/C15H14ClNO/c1-10(16)15-9-14(17-18-15)13-8-4-6-11-5-2-3-7-12(11)13/h2-8,10,15H,9H2,1H3. The van der Waals surface area contributed by atoms with Crippen molar-refractivity contribution < 1.29 is 4.84 Å². The summed E-state index contributed by atoms with van der Waals surface area (Å²) in [6, 6.07) is 14.6. The average molecular weight is 260 g/mol. The second-order valence-corrected chi connectivity index (χ2v) is 5.28. The van der Waals surface area contributed by atoms with Gasteiger partial charge in [0.05, 0.1) is 11.1 Å². The Kier molecular flexibility index (Phi) is 2.96. The minimum atomic E-state index is -0.0266. The van der Waals surface area contributed by atoms with Crippen molar-refractivity contribution in [3.8, 4) is 0 Å². The van der Waals surface area contributed by atoms with Crippen LogP contribution < -0.4 is 0 Å². The van der Waals surface area contributed by atoms with Gasteiger partial charge in [0.15, 0.2) is 0 Å². The first kappa shape index (κ1) is 11.5. The predicted octanol–water partition coefficient (Wildman–Crippen LogP) is 3.96. The summed E-state index contributed by atoms with van der Waals surface area (Å²) in [5, 5.41) is 6.60. The van der Waals surface area contributed by atoms with Crippen molar-refractivity contribution in [2.45, 2.75) is 24.8 Å². The van der Waals surface area contributed by atoms with Gasteiger partial charge in [0.25, 0.3) is 0 Å². The highest BCUT2D eigenvalue weighted by Crippen LogP contribution is 2.26. The zero-order valence-electron chi connectivity index (χ0n) is 10.1. The van der Waals surface area contributed by atoms with Gasteiger partial charge < -0.3 is 4.84 Å². The predicted molar refractivity (Wildman–Crippen MR) is 75.3 cm³/mol. The Balaban J connectivity index is 2.01. The van der Waals surface area contributed by atoms with E-state index in [9.17, 15) is 0 Å². The highest BCUT2D eigenvalue weighted by molar-refractivity contribution is 6.21. The fourth-order valence-electron chi connectivity index (χ4n) is 2.28. The molecular formula is C15H14ClNO. The molecule has 0 spiro atoms. The fourth-order valence-corrected chi connectivity index (χ4v) is 2.41. The largest absolute Gasteiger partial charge is 0.390 e. The van der Waals surface area contributed by atoms with Gasteiger partial charge in [0, 0.05) is 12.0 Å². The van der Waals surface area contributed by atoms with Gasteiger partial charge in [-0.2, -0.15) is 0 Å². The molecular weight excluding hydrogens is 246 g/mol. The van der Waals surface area contributed by atoms with Gasteiger partial charge in [-0.3, -0.25) is 0 Å². The molecule has 3 heteroatoms. The smallest absolute Gasteiger partial charge is 0.149 e. The molecule has 1 aliphatic heterocycles. The number of hydrogen-bond donors (Lipinski definition) is 0. The van der Waals surface area contributed by atoms with Crippen molar-refractivity contribution in [2.75, 3.05) is 0 Å². The van der Waals surface area contributed by atoms with Crippen molar-refractivity contribution in [3.05, 3.63) is 48.0 Å². The highest BCUT2D eigenvalue weighted by atomic mass is 35.5. The number of nitrogens with zero attached hydrogens (tertiary/aromatic N) is 1. The second-order valence-electron chi connectivity index (χ2n) is 4.59. The van der Waals surface area contributed by atoms with E-state index in [1.165, 1.54) is 10.8 Å². The Labute approximate surface area is 111 Å². The summed E-state index contributed by atoms with van der Waals surface area (Å²) in [4.78, 5) is 5.39. The molecule has 0 aliphatic carbocycles. The lowest BCUT2D eigenvalue weighted by Gasteiger charge is -2.09. The van der Waals surface area contributed by atoms with E-state index >= 15 is 0 Å². The Morgan fingerprint density at radius 2 is 2.00 bits per heavy atom. The number of hydrogen-bond acceptors (Lipinski definition) is 2. The van der Waals surface area contributed by atoms with Crippen LogP contribution in [0.5, 0.6) is 0 Å². The van der Waals surface area contributed by atoms with Gasteiger partial charge in [-0.05, 0) is 17.7 Å². The highest BCUT2D eigenvalue weighted by Gasteiger charge is 2.26. The average Bonchev–Trinajstić information content (AvgIpc) is 2.87. The van der Waals surface area contributed by atoms with Crippen molar-refractivity contribution in [1.29, 1.82) is 0 Å². The molecule has 0 saturated carbocycles. The van der Waals surface area contributed by atoms with Crippen LogP contribution in [0.1, 0.15) is 18.9 Å². The molecule has 1 aliphatic rings. The van der Waals surface area contributed by atoms with E-state index in [0.717, 1.165) is 17.7 Å². The molecule has 0 bridgehead atoms. The van der Waals surface area contributed by atoms with Crippen LogP contribution in [0.4, 0.5) is 0 Å². The summed E-state index contributed by atoms with van der Waals surface area (Å²) in [6.45, 7) is 1.94. The number of benzene rings is 2. The van der Waals surface area contributed by atoms with Crippen LogP contribution in [0.25, 0.3) is 10.8 Å². The van der Waals surface area contributed by atoms with Gasteiger partial charge in [0.2, 0.25) is 0 Å². The summed E-state index contributed by atoms with van der Waals surface area (Å²) < 4.78 is 0. The van der Waals surface area contributed by atoms with E-state index in [0.29, 0.717) is 0 Å². The van der Waals surface area contributed by atoms with Gasteiger partial charge in [-0.15, -0.1) is 11.6 Å². The number of alkyl halides is 1. The maximum Gasteiger partial charge on any atom is 0.149 e. The molecule has 0 amide bonds. The van der Waals surface area contributed by atoms with Crippen molar-refractivity contribution in [2.24, 2.45) is 5.16 Å². The molecule has 2 unspecified atom stereocenters. The van der Waals surface area contributed by atoms with Crippen molar-refractivity contribution >= 4 is 28.1 Å². The van der Waals surface area contributed by atoms with Gasteiger partial charge >= 0.3 is 0 Å². The lowest BCUT2D eigenvalue weighted by atomic mass is 9.97. The minimum absolute atomic E-state index is 0.0133. The van der Waals surface area contributed by atoms with E-state index in [-0.39, 0.29) is 11.5 Å². The summed E-state index contributed by atoms with van der Waals surface area (Å²) >= 11 is 6.06. The molecule has 0 aromatic heterocycles. The van der Waals surface area contributed by atoms with Crippen molar-refractivity contribution in [3.63, 3.8) is 0 Å². The van der Waals surface area contributed by atoms with Crippen LogP contribution in [0, 0.1) is 0 Å². The van der Waals surface area contributed by atoms with Gasteiger partial charge in [0.1, 0.15) is 6.10 Å². The second kappa shape index (κ2) is 4.62.